The zero-order chi connectivity index (χ0) is 12.3. The summed E-state index contributed by atoms with van der Waals surface area (Å²) in [6, 6.07) is 0. The Hall–Kier alpha value is -0.790. The summed E-state index contributed by atoms with van der Waals surface area (Å²) >= 11 is 0. The van der Waals surface area contributed by atoms with Crippen molar-refractivity contribution in [3.05, 3.63) is 12.2 Å². The van der Waals surface area contributed by atoms with Crippen LogP contribution < -0.4 is 0 Å². The van der Waals surface area contributed by atoms with E-state index in [0.29, 0.717) is 17.9 Å². The van der Waals surface area contributed by atoms with E-state index in [1.165, 1.54) is 18.4 Å². The summed E-state index contributed by atoms with van der Waals surface area (Å²) in [6.07, 6.45) is 3.43. The van der Waals surface area contributed by atoms with Gasteiger partial charge in [0.15, 0.2) is 0 Å². The van der Waals surface area contributed by atoms with Crippen LogP contribution in [0.15, 0.2) is 12.2 Å². The van der Waals surface area contributed by atoms with Crippen molar-refractivity contribution in [1.82, 2.24) is 0 Å². The van der Waals surface area contributed by atoms with Gasteiger partial charge in [-0.15, -0.1) is 0 Å². The predicted octanol–water partition coefficient (Wildman–Crippen LogP) is 3.57. The van der Waals surface area contributed by atoms with E-state index >= 15 is 0 Å². The lowest BCUT2D eigenvalue weighted by molar-refractivity contribution is -0.148. The van der Waals surface area contributed by atoms with Gasteiger partial charge in [-0.1, -0.05) is 32.9 Å². The molecule has 0 unspecified atom stereocenters. The van der Waals surface area contributed by atoms with Crippen LogP contribution in [0.3, 0.4) is 0 Å². The first-order valence-corrected chi connectivity index (χ1v) is 6.19. The smallest absolute Gasteiger partial charge is 0.308 e. The van der Waals surface area contributed by atoms with Crippen LogP contribution in [0.25, 0.3) is 0 Å². The van der Waals surface area contributed by atoms with Crippen LogP contribution in [0.2, 0.25) is 0 Å². The molecule has 0 aromatic heterocycles. The van der Waals surface area contributed by atoms with Crippen LogP contribution in [-0.2, 0) is 9.53 Å². The minimum absolute atomic E-state index is 0.0221. The van der Waals surface area contributed by atoms with Gasteiger partial charge in [-0.2, -0.15) is 0 Å². The standard InChI is InChI=1S/C14H24O2/c1-10(2)12-6-7-14(12,5)8-9-16-13(15)11(3)4/h11-12H,1,6-9H2,2-5H3/t12-,14-/m0/s1. The zero-order valence-corrected chi connectivity index (χ0v) is 11.0. The second kappa shape index (κ2) is 5.03. The molecule has 0 radical (unpaired) electrons. The molecule has 1 fully saturated rings. The molecule has 1 aliphatic rings. The van der Waals surface area contributed by atoms with Gasteiger partial charge in [0.25, 0.3) is 0 Å². The van der Waals surface area contributed by atoms with Gasteiger partial charge < -0.3 is 4.74 Å². The van der Waals surface area contributed by atoms with E-state index < -0.39 is 0 Å². The minimum atomic E-state index is -0.0881. The Labute approximate surface area is 99.1 Å². The second-order valence-corrected chi connectivity index (χ2v) is 5.66. The topological polar surface area (TPSA) is 26.3 Å². The van der Waals surface area contributed by atoms with Gasteiger partial charge in [0.2, 0.25) is 0 Å². The summed E-state index contributed by atoms with van der Waals surface area (Å²) in [7, 11) is 0. The molecule has 2 atom stereocenters. The Bertz CT molecular complexity index is 280. The molecule has 1 aliphatic carbocycles. The summed E-state index contributed by atoms with van der Waals surface area (Å²) in [5.41, 5.74) is 1.58. The molecule has 0 aromatic rings. The van der Waals surface area contributed by atoms with Crippen LogP contribution in [0.4, 0.5) is 0 Å². The molecule has 0 heterocycles. The molecule has 1 rings (SSSR count). The number of hydrogen-bond acceptors (Lipinski definition) is 2. The van der Waals surface area contributed by atoms with Crippen molar-refractivity contribution in [2.24, 2.45) is 17.3 Å². The minimum Gasteiger partial charge on any atom is -0.465 e. The maximum atomic E-state index is 11.3. The average molecular weight is 224 g/mol. The molecule has 1 saturated carbocycles. The van der Waals surface area contributed by atoms with Crippen LogP contribution in [0.5, 0.6) is 0 Å². The molecule has 0 aliphatic heterocycles. The maximum absolute atomic E-state index is 11.3. The summed E-state index contributed by atoms with van der Waals surface area (Å²) in [5, 5.41) is 0. The first-order valence-electron chi connectivity index (χ1n) is 6.19. The lowest BCUT2D eigenvalue weighted by Gasteiger charge is -2.48. The molecule has 0 amide bonds. The summed E-state index contributed by atoms with van der Waals surface area (Å²) in [5.74, 6) is 0.506. The number of allylic oxidation sites excluding steroid dienone is 1. The van der Waals surface area contributed by atoms with E-state index in [-0.39, 0.29) is 11.9 Å². The van der Waals surface area contributed by atoms with Crippen molar-refractivity contribution in [2.45, 2.75) is 47.0 Å². The molecule has 2 nitrogen and oxygen atoms in total. The van der Waals surface area contributed by atoms with E-state index in [9.17, 15) is 4.79 Å². The molecule has 92 valence electrons. The third kappa shape index (κ3) is 2.87. The number of esters is 1. The highest BCUT2D eigenvalue weighted by Crippen LogP contribution is 2.51. The third-order valence-corrected chi connectivity index (χ3v) is 3.83. The fourth-order valence-electron chi connectivity index (χ4n) is 2.47. The van der Waals surface area contributed by atoms with Crippen molar-refractivity contribution in [2.75, 3.05) is 6.61 Å². The molecular weight excluding hydrogens is 200 g/mol. The third-order valence-electron chi connectivity index (χ3n) is 3.83. The van der Waals surface area contributed by atoms with E-state index in [2.05, 4.69) is 20.4 Å². The van der Waals surface area contributed by atoms with Crippen molar-refractivity contribution in [3.8, 4) is 0 Å². The van der Waals surface area contributed by atoms with Crippen molar-refractivity contribution < 1.29 is 9.53 Å². The van der Waals surface area contributed by atoms with Gasteiger partial charge in [0.1, 0.15) is 0 Å². The number of rotatable bonds is 5. The van der Waals surface area contributed by atoms with E-state index in [4.69, 9.17) is 4.74 Å². The van der Waals surface area contributed by atoms with E-state index in [0.717, 1.165) is 6.42 Å². The highest BCUT2D eigenvalue weighted by Gasteiger charge is 2.42. The Kier molecular flexibility index (Phi) is 4.17. The summed E-state index contributed by atoms with van der Waals surface area (Å²) in [6.45, 7) is 12.7. The number of hydrogen-bond donors (Lipinski definition) is 0. The maximum Gasteiger partial charge on any atom is 0.308 e. The summed E-state index contributed by atoms with van der Waals surface area (Å²) in [4.78, 5) is 11.3. The predicted molar refractivity (Wildman–Crippen MR) is 66.1 cm³/mol. The van der Waals surface area contributed by atoms with Crippen LogP contribution >= 0.6 is 0 Å². The number of carbonyl (C=O) groups excluding carboxylic acids is 1. The van der Waals surface area contributed by atoms with Crippen LogP contribution in [-0.4, -0.2) is 12.6 Å². The Morgan fingerprint density at radius 3 is 2.56 bits per heavy atom. The summed E-state index contributed by atoms with van der Waals surface area (Å²) < 4.78 is 5.23. The lowest BCUT2D eigenvalue weighted by Crippen LogP contribution is -2.39. The second-order valence-electron chi connectivity index (χ2n) is 5.66. The quantitative estimate of drug-likeness (QED) is 0.527. The highest BCUT2D eigenvalue weighted by molar-refractivity contribution is 5.71. The van der Waals surface area contributed by atoms with Gasteiger partial charge in [-0.3, -0.25) is 4.79 Å². The van der Waals surface area contributed by atoms with Crippen molar-refractivity contribution in [3.63, 3.8) is 0 Å². The molecule has 16 heavy (non-hydrogen) atoms. The number of ether oxygens (including phenoxy) is 1. The van der Waals surface area contributed by atoms with Crippen LogP contribution in [0.1, 0.15) is 47.0 Å². The highest BCUT2D eigenvalue weighted by atomic mass is 16.5. The fraction of sp³-hybridized carbons (Fsp3) is 0.786. The van der Waals surface area contributed by atoms with Crippen LogP contribution in [0, 0.1) is 17.3 Å². The molecule has 0 spiro atoms. The molecule has 0 saturated heterocycles. The van der Waals surface area contributed by atoms with E-state index in [1.807, 2.05) is 13.8 Å². The molecule has 0 bridgehead atoms. The largest absolute Gasteiger partial charge is 0.465 e. The van der Waals surface area contributed by atoms with E-state index in [1.54, 1.807) is 0 Å². The average Bonchev–Trinajstić information content (AvgIpc) is 2.14. The Morgan fingerprint density at radius 1 is 1.56 bits per heavy atom. The molecular formula is C14H24O2. The Morgan fingerprint density at radius 2 is 2.19 bits per heavy atom. The van der Waals surface area contributed by atoms with Gasteiger partial charge >= 0.3 is 5.97 Å². The lowest BCUT2D eigenvalue weighted by atomic mass is 9.57. The van der Waals surface area contributed by atoms with Gasteiger partial charge in [0.05, 0.1) is 12.5 Å². The number of carbonyl (C=O) groups is 1. The van der Waals surface area contributed by atoms with Gasteiger partial charge in [-0.05, 0) is 37.5 Å². The molecule has 0 aromatic carbocycles. The molecule has 2 heteroatoms. The monoisotopic (exact) mass is 224 g/mol. The van der Waals surface area contributed by atoms with Gasteiger partial charge in [0, 0.05) is 0 Å². The first kappa shape index (κ1) is 13.3. The fourth-order valence-corrected chi connectivity index (χ4v) is 2.47. The van der Waals surface area contributed by atoms with Crippen molar-refractivity contribution >= 4 is 5.97 Å². The SMILES string of the molecule is C=C(C)[C@@H]1CC[C@@]1(C)CCOC(=O)C(C)C. The molecule has 0 N–H and O–H groups in total. The normalized spacial score (nSPS) is 28.7. The van der Waals surface area contributed by atoms with Crippen molar-refractivity contribution in [1.29, 1.82) is 0 Å². The zero-order valence-electron chi connectivity index (χ0n) is 11.0. The van der Waals surface area contributed by atoms with Gasteiger partial charge in [-0.25, -0.2) is 0 Å². The first-order chi connectivity index (χ1) is 7.37. The Balaban J connectivity index is 2.33.